The number of nitrogens with one attached hydrogen (secondary N) is 1. The molecule has 3 atom stereocenters. The third kappa shape index (κ3) is 4.19. The van der Waals surface area contributed by atoms with E-state index in [-0.39, 0.29) is 17.5 Å². The summed E-state index contributed by atoms with van der Waals surface area (Å²) in [7, 11) is 0. The first-order valence-electron chi connectivity index (χ1n) is 7.67. The number of pyridine rings is 1. The summed E-state index contributed by atoms with van der Waals surface area (Å²) in [5, 5.41) is 13.9. The van der Waals surface area contributed by atoms with Crippen LogP contribution >= 0.6 is 0 Å². The van der Waals surface area contributed by atoms with Crippen LogP contribution in [0.15, 0.2) is 24.5 Å². The molecule has 2 rings (SSSR count). The summed E-state index contributed by atoms with van der Waals surface area (Å²) in [5.41, 5.74) is 0.248. The molecule has 0 radical (unpaired) electrons. The molecule has 0 saturated heterocycles. The predicted molar refractivity (Wildman–Crippen MR) is 79.8 cm³/mol. The van der Waals surface area contributed by atoms with Gasteiger partial charge >= 0.3 is 5.97 Å². The summed E-state index contributed by atoms with van der Waals surface area (Å²) in [5.74, 6) is -0.441. The van der Waals surface area contributed by atoms with Gasteiger partial charge in [0.05, 0.1) is 5.56 Å². The molecule has 6 heteroatoms. The summed E-state index contributed by atoms with van der Waals surface area (Å²) in [4.78, 5) is 24.0. The first-order chi connectivity index (χ1) is 10.5. The van der Waals surface area contributed by atoms with Crippen LogP contribution in [-0.2, 0) is 9.53 Å². The average molecular weight is 306 g/mol. The quantitative estimate of drug-likeness (QED) is 0.520. The molecular weight excluding hydrogens is 284 g/mol. The zero-order valence-corrected chi connectivity index (χ0v) is 13.0. The minimum absolute atomic E-state index is 0.151. The van der Waals surface area contributed by atoms with Crippen molar-refractivity contribution >= 4 is 11.9 Å². The fourth-order valence-corrected chi connectivity index (χ4v) is 2.66. The highest BCUT2D eigenvalue weighted by Gasteiger charge is 2.26. The highest BCUT2D eigenvalue weighted by atomic mass is 16.5. The number of nitrogens with zero attached hydrogens (tertiary/aromatic N) is 1. The molecule has 0 bridgehead atoms. The average Bonchev–Trinajstić information content (AvgIpc) is 2.50. The van der Waals surface area contributed by atoms with Crippen molar-refractivity contribution in [3.8, 4) is 0 Å². The predicted octanol–water partition coefficient (Wildman–Crippen LogP) is 1.56. The molecule has 1 fully saturated rings. The van der Waals surface area contributed by atoms with Gasteiger partial charge < -0.3 is 15.3 Å². The molecule has 0 spiro atoms. The molecule has 1 aromatic heterocycles. The van der Waals surface area contributed by atoms with Crippen LogP contribution in [0.5, 0.6) is 0 Å². The molecular formula is C16H22N2O4. The molecule has 120 valence electrons. The summed E-state index contributed by atoms with van der Waals surface area (Å²) in [6.45, 7) is 3.68. The van der Waals surface area contributed by atoms with Crippen molar-refractivity contribution in [2.24, 2.45) is 5.92 Å². The topological polar surface area (TPSA) is 82.3 Å². The van der Waals surface area contributed by atoms with Crippen LogP contribution in [0.1, 0.15) is 49.9 Å². The summed E-state index contributed by atoms with van der Waals surface area (Å²) < 4.78 is 5.73. The minimum atomic E-state index is -0.860. The summed E-state index contributed by atoms with van der Waals surface area (Å²) >= 11 is 0. The van der Waals surface area contributed by atoms with Gasteiger partial charge in [-0.1, -0.05) is 19.8 Å². The van der Waals surface area contributed by atoms with Gasteiger partial charge in [0.1, 0.15) is 0 Å². The highest BCUT2D eigenvalue weighted by molar-refractivity contribution is 5.92. The molecule has 1 saturated carbocycles. The number of carbonyl (C=O) groups is 2. The Bertz CT molecular complexity index is 529. The lowest BCUT2D eigenvalue weighted by Crippen LogP contribution is -2.46. The Morgan fingerprint density at radius 2 is 1.95 bits per heavy atom. The Kier molecular flexibility index (Phi) is 5.35. The molecule has 1 aromatic rings. The monoisotopic (exact) mass is 306 g/mol. The number of rotatable bonds is 4. The fraction of sp³-hybridized carbons (Fsp3) is 0.562. The number of amides is 1. The number of carbonyl (C=O) groups excluding carboxylic acids is 2. The zero-order valence-electron chi connectivity index (χ0n) is 13.0. The lowest BCUT2D eigenvalue weighted by Gasteiger charge is -2.30. The van der Waals surface area contributed by atoms with E-state index in [1.54, 1.807) is 6.92 Å². The second kappa shape index (κ2) is 7.24. The largest absolute Gasteiger partial charge is 0.619 e. The van der Waals surface area contributed by atoms with Crippen LogP contribution in [0.4, 0.5) is 0 Å². The maximum atomic E-state index is 12.1. The van der Waals surface area contributed by atoms with Gasteiger partial charge in [-0.25, -0.2) is 4.79 Å². The lowest BCUT2D eigenvalue weighted by molar-refractivity contribution is -0.605. The Hall–Kier alpha value is -2.11. The van der Waals surface area contributed by atoms with Crippen molar-refractivity contribution in [2.45, 2.75) is 51.7 Å². The SMILES string of the molecule is C[C@@H]1CCCC[C@H]1NC(=O)[C@@H](C)OC(=O)c1cc[n+]([O-])cc1. The molecule has 0 unspecified atom stereocenters. The molecule has 22 heavy (non-hydrogen) atoms. The van der Waals surface area contributed by atoms with Crippen LogP contribution in [0.2, 0.25) is 0 Å². The molecule has 1 N–H and O–H groups in total. The Labute approximate surface area is 130 Å². The first-order valence-corrected chi connectivity index (χ1v) is 7.67. The number of hydrogen-bond acceptors (Lipinski definition) is 4. The van der Waals surface area contributed by atoms with Gasteiger partial charge in [-0.05, 0) is 25.7 Å². The molecule has 1 amide bonds. The van der Waals surface area contributed by atoms with Crippen molar-refractivity contribution in [3.05, 3.63) is 35.3 Å². The van der Waals surface area contributed by atoms with Crippen LogP contribution in [0.3, 0.4) is 0 Å². The molecule has 1 aliphatic carbocycles. The van der Waals surface area contributed by atoms with Crippen LogP contribution in [0, 0.1) is 11.1 Å². The Balaban J connectivity index is 1.87. The number of ether oxygens (including phenoxy) is 1. The lowest BCUT2D eigenvalue weighted by atomic mass is 9.86. The maximum Gasteiger partial charge on any atom is 0.339 e. The van der Waals surface area contributed by atoms with E-state index >= 15 is 0 Å². The normalized spacial score (nSPS) is 22.6. The van der Waals surface area contributed by atoms with Crippen molar-refractivity contribution < 1.29 is 19.1 Å². The van der Waals surface area contributed by atoms with E-state index in [2.05, 4.69) is 12.2 Å². The summed E-state index contributed by atoms with van der Waals surface area (Å²) in [6, 6.07) is 2.88. The highest BCUT2D eigenvalue weighted by Crippen LogP contribution is 2.23. The van der Waals surface area contributed by atoms with E-state index < -0.39 is 12.1 Å². The van der Waals surface area contributed by atoms with E-state index in [4.69, 9.17) is 4.74 Å². The number of hydrogen-bond donors (Lipinski definition) is 1. The zero-order chi connectivity index (χ0) is 16.1. The third-order valence-corrected chi connectivity index (χ3v) is 4.13. The second-order valence-corrected chi connectivity index (χ2v) is 5.87. The number of aromatic nitrogens is 1. The molecule has 1 aliphatic rings. The van der Waals surface area contributed by atoms with Gasteiger partial charge in [0.2, 0.25) is 0 Å². The molecule has 1 heterocycles. The van der Waals surface area contributed by atoms with Gasteiger partial charge in [0, 0.05) is 18.2 Å². The standard InChI is InChI=1S/C16H22N2O4/c1-11-5-3-4-6-14(11)17-15(19)12(2)22-16(20)13-7-9-18(21)10-8-13/h7-12,14H,3-6H2,1-2H3,(H,17,19)/t11-,12-,14-/m1/s1. The Morgan fingerprint density at radius 1 is 1.32 bits per heavy atom. The van der Waals surface area contributed by atoms with Gasteiger partial charge in [0.25, 0.3) is 5.91 Å². The van der Waals surface area contributed by atoms with Crippen molar-refractivity contribution in [1.29, 1.82) is 0 Å². The second-order valence-electron chi connectivity index (χ2n) is 5.87. The molecule has 6 nitrogen and oxygen atoms in total. The van der Waals surface area contributed by atoms with E-state index in [1.807, 2.05) is 0 Å². The van der Waals surface area contributed by atoms with Gasteiger partial charge in [-0.3, -0.25) is 4.79 Å². The van der Waals surface area contributed by atoms with Crippen molar-refractivity contribution in [3.63, 3.8) is 0 Å². The van der Waals surface area contributed by atoms with Gasteiger partial charge in [-0.15, -0.1) is 0 Å². The van der Waals surface area contributed by atoms with Crippen LogP contribution in [-0.4, -0.2) is 24.0 Å². The van der Waals surface area contributed by atoms with E-state index in [1.165, 1.54) is 30.9 Å². The molecule has 0 aliphatic heterocycles. The van der Waals surface area contributed by atoms with E-state index in [0.717, 1.165) is 19.3 Å². The fourth-order valence-electron chi connectivity index (χ4n) is 2.66. The smallest absolute Gasteiger partial charge is 0.339 e. The van der Waals surface area contributed by atoms with Crippen LogP contribution in [0.25, 0.3) is 0 Å². The first kappa shape index (κ1) is 16.3. The van der Waals surface area contributed by atoms with Gasteiger partial charge in [-0.2, -0.15) is 4.73 Å². The van der Waals surface area contributed by atoms with E-state index in [9.17, 15) is 14.8 Å². The minimum Gasteiger partial charge on any atom is -0.619 e. The van der Waals surface area contributed by atoms with Crippen LogP contribution < -0.4 is 10.0 Å². The van der Waals surface area contributed by atoms with Crippen molar-refractivity contribution in [1.82, 2.24) is 5.32 Å². The van der Waals surface area contributed by atoms with Crippen molar-refractivity contribution in [2.75, 3.05) is 0 Å². The molecule has 0 aromatic carbocycles. The van der Waals surface area contributed by atoms with Gasteiger partial charge in [0.15, 0.2) is 18.5 Å². The maximum absolute atomic E-state index is 12.1. The Morgan fingerprint density at radius 3 is 2.59 bits per heavy atom. The van der Waals surface area contributed by atoms with E-state index in [0.29, 0.717) is 10.6 Å². The summed E-state index contributed by atoms with van der Waals surface area (Å²) in [6.07, 6.45) is 5.96. The number of esters is 1. The third-order valence-electron chi connectivity index (χ3n) is 4.13.